The maximum absolute atomic E-state index is 15.0. The monoisotopic (exact) mass is 486 g/mol. The topological polar surface area (TPSA) is 83.8 Å². The molecule has 8 nitrogen and oxygen atoms in total. The van der Waals surface area contributed by atoms with Crippen molar-refractivity contribution in [3.63, 3.8) is 0 Å². The number of fused-ring (bicyclic) bond motifs is 1. The number of imidazole rings is 1. The van der Waals surface area contributed by atoms with Crippen molar-refractivity contribution in [3.05, 3.63) is 59.7 Å². The third-order valence-electron chi connectivity index (χ3n) is 5.37. The number of aryl methyl sites for hydroxylation is 1. The third-order valence-corrected chi connectivity index (χ3v) is 5.37. The molecule has 0 atom stereocenters. The molecule has 1 saturated heterocycles. The Labute approximate surface area is 213 Å². The largest absolute Gasteiger partial charge is 0.326 e. The van der Waals surface area contributed by atoms with Crippen LogP contribution in [0.2, 0.25) is 0 Å². The Morgan fingerprint density at radius 2 is 1.89 bits per heavy atom. The van der Waals surface area contributed by atoms with Gasteiger partial charge in [-0.2, -0.15) is 0 Å². The van der Waals surface area contributed by atoms with Gasteiger partial charge in [-0.25, -0.2) is 28.7 Å². The van der Waals surface area contributed by atoms with E-state index in [9.17, 15) is 8.78 Å². The van der Waals surface area contributed by atoms with E-state index in [-0.39, 0.29) is 40.1 Å². The molecule has 4 heterocycles. The molecule has 1 fully saturated rings. The molecule has 0 unspecified atom stereocenters. The molecule has 10 heteroatoms. The highest BCUT2D eigenvalue weighted by Gasteiger charge is 2.18. The van der Waals surface area contributed by atoms with Gasteiger partial charge in [0.15, 0.2) is 11.6 Å². The second kappa shape index (κ2) is 9.63. The number of anilines is 2. The second-order valence-corrected chi connectivity index (χ2v) is 8.20. The fourth-order valence-electron chi connectivity index (χ4n) is 3.91. The van der Waals surface area contributed by atoms with Gasteiger partial charge < -0.3 is 15.2 Å². The molecule has 1 aromatic carbocycles. The van der Waals surface area contributed by atoms with Gasteiger partial charge >= 0.3 is 0 Å². The Hall–Kier alpha value is -3.50. The minimum atomic E-state index is -2.93. The van der Waals surface area contributed by atoms with E-state index in [1.165, 1.54) is 18.3 Å². The summed E-state index contributed by atoms with van der Waals surface area (Å²) in [7, 11) is 0. The third kappa shape index (κ3) is 4.85. The van der Waals surface area contributed by atoms with Crippen LogP contribution in [-0.2, 0) is 6.54 Å². The summed E-state index contributed by atoms with van der Waals surface area (Å²) in [5, 5.41) is 4.60. The predicted octanol–water partition coefficient (Wildman–Crippen LogP) is 4.20. The van der Waals surface area contributed by atoms with Gasteiger partial charge in [0, 0.05) is 61.3 Å². The molecular formula is C25H28F2N8. The van der Waals surface area contributed by atoms with Gasteiger partial charge in [0.2, 0.25) is 5.95 Å². The molecule has 0 saturated carbocycles. The highest BCUT2D eigenvalue weighted by molar-refractivity contribution is 5.83. The fraction of sp³-hybridized carbons (Fsp3) is 0.360. The van der Waals surface area contributed by atoms with Crippen molar-refractivity contribution in [3.8, 4) is 11.3 Å². The number of pyridine rings is 1. The van der Waals surface area contributed by atoms with E-state index in [0.29, 0.717) is 16.2 Å². The Morgan fingerprint density at radius 1 is 1.09 bits per heavy atom. The maximum Gasteiger partial charge on any atom is 0.229 e. The standard InChI is InChI=1S/C25H28F2N8/c1-15(2)35-16(3)31-24-19(26)10-18(11-21(24)35)23-20(27)13-30-25(33-23)32-22-5-4-17(12-29-22)14-34-8-6-28-7-9-34/h4-5,10-13,15,28H,6-9,14H2,1-3H3,(H,29,30,32,33)/i6D2,7D2,8D2,9D2. The molecule has 0 aliphatic carbocycles. The van der Waals surface area contributed by atoms with Gasteiger partial charge in [-0.3, -0.25) is 4.90 Å². The zero-order chi connectivity index (χ0) is 31.7. The molecular weight excluding hydrogens is 450 g/mol. The molecule has 35 heavy (non-hydrogen) atoms. The van der Waals surface area contributed by atoms with Crippen LogP contribution < -0.4 is 10.6 Å². The van der Waals surface area contributed by atoms with Crippen molar-refractivity contribution in [2.24, 2.45) is 0 Å². The number of hydrogen-bond acceptors (Lipinski definition) is 7. The summed E-state index contributed by atoms with van der Waals surface area (Å²) in [5.41, 5.74) is 0.939. The van der Waals surface area contributed by atoms with E-state index in [2.05, 4.69) is 25.3 Å². The van der Waals surface area contributed by atoms with Crippen LogP contribution in [0.25, 0.3) is 22.3 Å². The lowest BCUT2D eigenvalue weighted by Crippen LogP contribution is -2.42. The molecule has 4 aromatic rings. The molecule has 3 aromatic heterocycles. The SMILES string of the molecule is [2H]C1([2H])NC([2H])([2H])C([2H])([2H])N(Cc2ccc(Nc3ncc(F)c(-c4cc(F)c5nc(C)n(C(C)C)c5c4)n3)nc2)C1([2H])[2H]. The van der Waals surface area contributed by atoms with E-state index in [0.717, 1.165) is 12.3 Å². The van der Waals surface area contributed by atoms with Gasteiger partial charge in [-0.15, -0.1) is 0 Å². The number of nitrogens with one attached hydrogen (secondary N) is 2. The van der Waals surface area contributed by atoms with Gasteiger partial charge in [0.25, 0.3) is 0 Å². The average molecular weight is 487 g/mol. The number of piperazine rings is 1. The number of nitrogens with zero attached hydrogens (tertiary/aromatic N) is 6. The van der Waals surface area contributed by atoms with Crippen molar-refractivity contribution in [2.45, 2.75) is 33.4 Å². The molecule has 182 valence electrons. The van der Waals surface area contributed by atoms with Crippen molar-refractivity contribution < 1.29 is 19.7 Å². The molecule has 5 rings (SSSR count). The molecule has 1 aliphatic rings. The highest BCUT2D eigenvalue weighted by atomic mass is 19.1. The molecule has 1 aliphatic heterocycles. The van der Waals surface area contributed by atoms with Crippen LogP contribution in [0.1, 0.15) is 42.2 Å². The lowest BCUT2D eigenvalue weighted by molar-refractivity contribution is 0.233. The Bertz CT molecular complexity index is 1670. The minimum absolute atomic E-state index is 0.0203. The van der Waals surface area contributed by atoms with Crippen molar-refractivity contribution in [1.82, 2.24) is 34.7 Å². The molecule has 0 spiro atoms. The summed E-state index contributed by atoms with van der Waals surface area (Å²) in [5.74, 6) is -0.656. The first-order valence-corrected chi connectivity index (χ1v) is 10.9. The summed E-state index contributed by atoms with van der Waals surface area (Å²) in [4.78, 5) is 17.1. The zero-order valence-corrected chi connectivity index (χ0v) is 19.2. The molecule has 2 N–H and O–H groups in total. The first-order valence-electron chi connectivity index (χ1n) is 14.9. The quantitative estimate of drug-likeness (QED) is 0.423. The Kier molecular flexibility index (Phi) is 4.26. The number of aromatic nitrogens is 5. The smallest absolute Gasteiger partial charge is 0.229 e. The summed E-state index contributed by atoms with van der Waals surface area (Å²) >= 11 is 0. The highest BCUT2D eigenvalue weighted by Crippen LogP contribution is 2.30. The lowest BCUT2D eigenvalue weighted by Gasteiger charge is -2.27. The zero-order valence-electron chi connectivity index (χ0n) is 27.2. The van der Waals surface area contributed by atoms with Gasteiger partial charge in [-0.1, -0.05) is 6.07 Å². The van der Waals surface area contributed by atoms with E-state index in [1.54, 1.807) is 18.3 Å². The Morgan fingerprint density at radius 3 is 2.60 bits per heavy atom. The molecule has 0 bridgehead atoms. The number of benzene rings is 1. The van der Waals surface area contributed by atoms with Crippen LogP contribution in [-0.4, -0.2) is 55.4 Å². The number of rotatable bonds is 6. The minimum Gasteiger partial charge on any atom is -0.326 e. The Balaban J connectivity index is 1.41. The van der Waals surface area contributed by atoms with Gasteiger partial charge in [0.05, 0.1) is 11.7 Å². The van der Waals surface area contributed by atoms with Crippen LogP contribution in [0, 0.1) is 18.6 Å². The number of hydrogen-bond donors (Lipinski definition) is 2. The van der Waals surface area contributed by atoms with Crippen LogP contribution in [0.15, 0.2) is 36.7 Å². The fourth-order valence-corrected chi connectivity index (χ4v) is 3.91. The van der Waals surface area contributed by atoms with Crippen molar-refractivity contribution >= 4 is 22.8 Å². The van der Waals surface area contributed by atoms with Crippen LogP contribution in [0.3, 0.4) is 0 Å². The summed E-state index contributed by atoms with van der Waals surface area (Å²) in [6.07, 6.45) is 2.20. The average Bonchev–Trinajstić information content (AvgIpc) is 3.24. The van der Waals surface area contributed by atoms with Gasteiger partial charge in [-0.05, 0) is 44.5 Å². The lowest BCUT2D eigenvalue weighted by atomic mass is 10.1. The van der Waals surface area contributed by atoms with E-state index in [4.69, 9.17) is 11.0 Å². The van der Waals surface area contributed by atoms with Gasteiger partial charge in [0.1, 0.15) is 22.9 Å². The van der Waals surface area contributed by atoms with E-state index < -0.39 is 44.2 Å². The predicted molar refractivity (Wildman–Crippen MR) is 131 cm³/mol. The van der Waals surface area contributed by atoms with Crippen molar-refractivity contribution in [1.29, 1.82) is 0 Å². The number of halogens is 2. The van der Waals surface area contributed by atoms with E-state index >= 15 is 0 Å². The molecule has 0 amide bonds. The van der Waals surface area contributed by atoms with Crippen LogP contribution in [0.5, 0.6) is 0 Å². The summed E-state index contributed by atoms with van der Waals surface area (Å²) in [6.45, 7) is -6.56. The second-order valence-electron chi connectivity index (χ2n) is 8.20. The first kappa shape index (κ1) is 15.5. The normalized spacial score (nSPS) is 23.8. The maximum atomic E-state index is 15.0. The summed E-state index contributed by atoms with van der Waals surface area (Å²) in [6, 6.07) is 5.64. The van der Waals surface area contributed by atoms with Crippen LogP contribution in [0.4, 0.5) is 20.5 Å². The van der Waals surface area contributed by atoms with Crippen molar-refractivity contribution in [2.75, 3.05) is 31.3 Å². The first-order chi connectivity index (χ1) is 19.9. The van der Waals surface area contributed by atoms with Crippen LogP contribution >= 0.6 is 0 Å². The van der Waals surface area contributed by atoms with E-state index in [1.807, 2.05) is 18.4 Å². The molecule has 0 radical (unpaired) electrons. The summed E-state index contributed by atoms with van der Waals surface area (Å²) < 4.78 is 96.2.